The fourth-order valence-corrected chi connectivity index (χ4v) is 5.43. The standard InChI is InChI=1S/C36H40N2O12/c1-2-3-15-48-25-13-11-22(12-14-25)21-49-36(35(46)47)18-28(41)32(38-31(44)20-39)34(50-36)33(45)29(42)19-37-30(43)17-23-7-6-8-24(16-23)26-9-4-5-10-27(26)40/h1,4-14,16,28-29,32-34,39-42,45H,3,15,17-21H2,(H,37,43)(H,38,44)(H,46,47)/t28-,29+,32+,33+,34+,36+/m0/s1. The molecular weight excluding hydrogens is 652 g/mol. The number of amides is 2. The van der Waals surface area contributed by atoms with E-state index in [2.05, 4.69) is 16.6 Å². The highest BCUT2D eigenvalue weighted by Gasteiger charge is 2.55. The molecule has 8 N–H and O–H groups in total. The Morgan fingerprint density at radius 1 is 1.02 bits per heavy atom. The van der Waals surface area contributed by atoms with Crippen LogP contribution in [0.1, 0.15) is 24.0 Å². The molecule has 0 saturated carbocycles. The van der Waals surface area contributed by atoms with E-state index in [1.807, 2.05) is 0 Å². The van der Waals surface area contributed by atoms with Gasteiger partial charge < -0.3 is 55.5 Å². The first-order valence-electron chi connectivity index (χ1n) is 15.7. The number of hydrogen-bond donors (Lipinski definition) is 8. The van der Waals surface area contributed by atoms with E-state index >= 15 is 0 Å². The van der Waals surface area contributed by atoms with Gasteiger partial charge in [0.25, 0.3) is 5.79 Å². The van der Waals surface area contributed by atoms with Gasteiger partial charge in [0.1, 0.15) is 30.3 Å². The van der Waals surface area contributed by atoms with Crippen LogP contribution in [0.3, 0.4) is 0 Å². The van der Waals surface area contributed by atoms with Crippen LogP contribution in [0.5, 0.6) is 11.5 Å². The Kier molecular flexibility index (Phi) is 13.3. The minimum Gasteiger partial charge on any atom is -0.507 e. The molecule has 1 fully saturated rings. The number of carboxylic acid groups (broad SMARTS) is 1. The minimum absolute atomic E-state index is 0.0728. The fourth-order valence-electron chi connectivity index (χ4n) is 5.43. The van der Waals surface area contributed by atoms with Gasteiger partial charge in [-0.15, -0.1) is 12.3 Å². The first-order chi connectivity index (χ1) is 24.0. The molecule has 0 spiro atoms. The Bertz CT molecular complexity index is 1660. The Hall–Kier alpha value is -5.01. The third-order valence-electron chi connectivity index (χ3n) is 8.03. The van der Waals surface area contributed by atoms with Crippen LogP contribution < -0.4 is 15.4 Å². The van der Waals surface area contributed by atoms with Crippen LogP contribution in [0, 0.1) is 12.3 Å². The van der Waals surface area contributed by atoms with Gasteiger partial charge in [-0.3, -0.25) is 9.59 Å². The van der Waals surface area contributed by atoms with Crippen LogP contribution >= 0.6 is 0 Å². The zero-order valence-electron chi connectivity index (χ0n) is 27.0. The molecule has 3 aromatic rings. The first kappa shape index (κ1) is 37.8. The van der Waals surface area contributed by atoms with E-state index in [4.69, 9.17) is 20.6 Å². The molecule has 2 amide bonds. The number of ether oxygens (including phenoxy) is 3. The number of phenols is 1. The number of aliphatic hydroxyl groups is 4. The highest BCUT2D eigenvalue weighted by atomic mass is 16.7. The van der Waals surface area contributed by atoms with Crippen molar-refractivity contribution in [3.05, 3.63) is 83.9 Å². The van der Waals surface area contributed by atoms with Crippen molar-refractivity contribution in [2.45, 2.75) is 62.1 Å². The van der Waals surface area contributed by atoms with Crippen LogP contribution in [0.15, 0.2) is 72.8 Å². The quantitative estimate of drug-likeness (QED) is 0.0758. The fraction of sp³-hybridized carbons (Fsp3) is 0.361. The Labute approximate surface area is 288 Å². The summed E-state index contributed by atoms with van der Waals surface area (Å²) in [5.74, 6) is -2.62. The summed E-state index contributed by atoms with van der Waals surface area (Å²) in [4.78, 5) is 37.4. The number of carboxylic acids is 1. The van der Waals surface area contributed by atoms with Gasteiger partial charge in [0, 0.05) is 24.9 Å². The van der Waals surface area contributed by atoms with Crippen molar-refractivity contribution in [3.8, 4) is 35.0 Å². The van der Waals surface area contributed by atoms with Crippen molar-refractivity contribution in [2.75, 3.05) is 19.8 Å². The minimum atomic E-state index is -2.53. The topological polar surface area (TPSA) is 224 Å². The maximum atomic E-state index is 12.8. The average Bonchev–Trinajstić information content (AvgIpc) is 3.11. The first-order valence-corrected chi connectivity index (χ1v) is 15.7. The number of phenolic OH excluding ortho intramolecular Hbond substituents is 1. The zero-order valence-corrected chi connectivity index (χ0v) is 27.0. The molecule has 1 heterocycles. The van der Waals surface area contributed by atoms with E-state index < -0.39 is 73.6 Å². The van der Waals surface area contributed by atoms with Gasteiger partial charge in [0.05, 0.1) is 37.9 Å². The molecule has 1 saturated heterocycles. The maximum absolute atomic E-state index is 12.8. The van der Waals surface area contributed by atoms with Gasteiger partial charge in [-0.2, -0.15) is 0 Å². The van der Waals surface area contributed by atoms with E-state index in [1.54, 1.807) is 72.8 Å². The summed E-state index contributed by atoms with van der Waals surface area (Å²) in [6, 6.07) is 18.6. The lowest BCUT2D eigenvalue weighted by molar-refractivity contribution is -0.314. The van der Waals surface area contributed by atoms with Gasteiger partial charge in [0.2, 0.25) is 11.8 Å². The van der Waals surface area contributed by atoms with Gasteiger partial charge in [-0.1, -0.05) is 54.6 Å². The van der Waals surface area contributed by atoms with Crippen molar-refractivity contribution >= 4 is 17.8 Å². The van der Waals surface area contributed by atoms with Crippen LogP contribution in [0.25, 0.3) is 11.1 Å². The van der Waals surface area contributed by atoms with Crippen molar-refractivity contribution in [3.63, 3.8) is 0 Å². The molecule has 1 aliphatic rings. The molecule has 14 nitrogen and oxygen atoms in total. The van der Waals surface area contributed by atoms with Crippen LogP contribution in [-0.2, 0) is 36.9 Å². The number of carbonyl (C=O) groups is 3. The second-order valence-electron chi connectivity index (χ2n) is 11.7. The van der Waals surface area contributed by atoms with E-state index in [1.165, 1.54) is 0 Å². The number of aliphatic hydroxyl groups excluding tert-OH is 4. The van der Waals surface area contributed by atoms with Crippen molar-refractivity contribution < 1.29 is 59.2 Å². The number of nitrogens with one attached hydrogen (secondary N) is 2. The summed E-state index contributed by atoms with van der Waals surface area (Å²) in [6.07, 6.45) is -2.38. The predicted octanol–water partition coefficient (Wildman–Crippen LogP) is 0.466. The second kappa shape index (κ2) is 17.6. The molecule has 3 aromatic carbocycles. The largest absolute Gasteiger partial charge is 0.507 e. The monoisotopic (exact) mass is 692 g/mol. The smallest absolute Gasteiger partial charge is 0.364 e. The molecule has 0 radical (unpaired) electrons. The molecule has 1 aliphatic heterocycles. The predicted molar refractivity (Wildman–Crippen MR) is 177 cm³/mol. The molecule has 0 aromatic heterocycles. The molecule has 14 heteroatoms. The summed E-state index contributed by atoms with van der Waals surface area (Å²) in [5.41, 5.74) is 2.36. The average molecular weight is 693 g/mol. The lowest BCUT2D eigenvalue weighted by Crippen LogP contribution is -2.68. The summed E-state index contributed by atoms with van der Waals surface area (Å²) < 4.78 is 17.0. The Morgan fingerprint density at radius 2 is 1.76 bits per heavy atom. The summed E-state index contributed by atoms with van der Waals surface area (Å²) in [5, 5.41) is 67.5. The number of rotatable bonds is 16. The normalized spacial score (nSPS) is 21.3. The molecule has 0 aliphatic carbocycles. The lowest BCUT2D eigenvalue weighted by atomic mass is 9.88. The van der Waals surface area contributed by atoms with Crippen LogP contribution in [0.4, 0.5) is 0 Å². The zero-order chi connectivity index (χ0) is 36.3. The number of carbonyl (C=O) groups excluding carboxylic acids is 2. The van der Waals surface area contributed by atoms with Crippen molar-refractivity contribution in [1.29, 1.82) is 0 Å². The van der Waals surface area contributed by atoms with E-state index in [0.29, 0.717) is 41.0 Å². The van der Waals surface area contributed by atoms with Gasteiger partial charge >= 0.3 is 5.97 Å². The van der Waals surface area contributed by atoms with Crippen molar-refractivity contribution in [1.82, 2.24) is 10.6 Å². The third kappa shape index (κ3) is 9.79. The number of aromatic hydroxyl groups is 1. The maximum Gasteiger partial charge on any atom is 0.364 e. The van der Waals surface area contributed by atoms with Crippen LogP contribution in [0.2, 0.25) is 0 Å². The lowest BCUT2D eigenvalue weighted by Gasteiger charge is -2.46. The number of hydrogen-bond acceptors (Lipinski definition) is 11. The molecule has 0 bridgehead atoms. The van der Waals surface area contributed by atoms with E-state index in [-0.39, 0.29) is 18.8 Å². The molecule has 4 rings (SSSR count). The summed E-state index contributed by atoms with van der Waals surface area (Å²) in [6.45, 7) is -1.52. The molecule has 266 valence electrons. The SMILES string of the molecule is C#CCCOc1ccc(CO[C@]2(C(=O)O)C[C@H](O)[C@@H](NC(=O)CO)[C@H]([C@H](O)[C@H](O)CNC(=O)Cc3cccc(-c4ccccc4O)c3)O2)cc1. The number of para-hydroxylation sites is 1. The number of benzene rings is 3. The van der Waals surface area contributed by atoms with E-state index in [0.717, 1.165) is 0 Å². The Morgan fingerprint density at radius 3 is 2.44 bits per heavy atom. The third-order valence-corrected chi connectivity index (χ3v) is 8.03. The van der Waals surface area contributed by atoms with Gasteiger partial charge in [0.15, 0.2) is 0 Å². The van der Waals surface area contributed by atoms with Gasteiger partial charge in [-0.25, -0.2) is 4.79 Å². The molecule has 0 unspecified atom stereocenters. The summed E-state index contributed by atoms with van der Waals surface area (Å²) >= 11 is 0. The molecular formula is C36H40N2O12. The van der Waals surface area contributed by atoms with Crippen LogP contribution in [-0.4, -0.2) is 104 Å². The highest BCUT2D eigenvalue weighted by Crippen LogP contribution is 2.34. The summed E-state index contributed by atoms with van der Waals surface area (Å²) in [7, 11) is 0. The Balaban J connectivity index is 1.44. The number of aliphatic carboxylic acids is 1. The van der Waals surface area contributed by atoms with Crippen molar-refractivity contribution in [2.24, 2.45) is 0 Å². The second-order valence-corrected chi connectivity index (χ2v) is 11.7. The highest BCUT2D eigenvalue weighted by molar-refractivity contribution is 5.80. The van der Waals surface area contributed by atoms with Gasteiger partial charge in [-0.05, 0) is 34.9 Å². The molecule has 6 atom stereocenters. The number of terminal acetylenes is 1. The molecule has 50 heavy (non-hydrogen) atoms. The van der Waals surface area contributed by atoms with E-state index in [9.17, 15) is 45.0 Å².